The molecule has 4 aliphatic rings. The largest absolute Gasteiger partial charge is 0.507 e. The maximum absolute atomic E-state index is 9.90. The topological polar surface area (TPSA) is 20.2 Å². The highest BCUT2D eigenvalue weighted by Gasteiger charge is 2.50. The molecule has 102 valence electrons. The van der Waals surface area contributed by atoms with Crippen LogP contribution in [0.25, 0.3) is 0 Å². The maximum atomic E-state index is 9.90. The average Bonchev–Trinajstić information content (AvgIpc) is 2.36. The Morgan fingerprint density at radius 3 is 2.16 bits per heavy atom. The Balaban J connectivity index is 1.49. The van der Waals surface area contributed by atoms with Gasteiger partial charge >= 0.3 is 0 Å². The van der Waals surface area contributed by atoms with Crippen LogP contribution in [0.1, 0.15) is 38.5 Å². The third-order valence-corrected chi connectivity index (χ3v) is 6.98. The lowest BCUT2D eigenvalue weighted by molar-refractivity contribution is -0.0381. The minimum Gasteiger partial charge on any atom is -0.507 e. The van der Waals surface area contributed by atoms with Crippen LogP contribution in [-0.4, -0.2) is 10.9 Å². The van der Waals surface area contributed by atoms with E-state index < -0.39 is 0 Å². The third kappa shape index (κ3) is 2.18. The van der Waals surface area contributed by atoms with Crippen molar-refractivity contribution in [1.29, 1.82) is 0 Å². The summed E-state index contributed by atoms with van der Waals surface area (Å²) in [4.78, 5) is 1.07. The van der Waals surface area contributed by atoms with E-state index >= 15 is 0 Å². The van der Waals surface area contributed by atoms with Crippen molar-refractivity contribution in [2.24, 2.45) is 23.2 Å². The number of phenolic OH excluding ortho intramolecular Hbond substituents is 1. The van der Waals surface area contributed by atoms with E-state index in [2.05, 4.69) is 6.07 Å². The third-order valence-electron chi connectivity index (χ3n) is 5.56. The summed E-state index contributed by atoms with van der Waals surface area (Å²) < 4.78 is 0. The SMILES string of the molecule is Oc1ccccc1SCC12CC3CC(CC(C3)C1)C2. The zero-order chi connectivity index (χ0) is 12.9. The number of benzene rings is 1. The summed E-state index contributed by atoms with van der Waals surface area (Å²) in [7, 11) is 0. The predicted octanol–water partition coefficient (Wildman–Crippen LogP) is 4.70. The molecule has 4 saturated carbocycles. The highest BCUT2D eigenvalue weighted by atomic mass is 32.2. The highest BCUT2D eigenvalue weighted by molar-refractivity contribution is 7.99. The van der Waals surface area contributed by atoms with Crippen LogP contribution in [0.3, 0.4) is 0 Å². The van der Waals surface area contributed by atoms with Crippen molar-refractivity contribution in [2.75, 3.05) is 5.75 Å². The smallest absolute Gasteiger partial charge is 0.129 e. The first-order valence-electron chi connectivity index (χ1n) is 7.63. The minimum atomic E-state index is 0.456. The van der Waals surface area contributed by atoms with E-state index in [1.165, 1.54) is 44.3 Å². The van der Waals surface area contributed by atoms with Crippen molar-refractivity contribution in [2.45, 2.75) is 43.4 Å². The first-order valence-corrected chi connectivity index (χ1v) is 8.62. The van der Waals surface area contributed by atoms with E-state index in [1.807, 2.05) is 30.0 Å². The molecule has 1 N–H and O–H groups in total. The molecule has 1 aromatic rings. The average molecular weight is 274 g/mol. The van der Waals surface area contributed by atoms with Gasteiger partial charge in [-0.25, -0.2) is 0 Å². The Kier molecular flexibility index (Phi) is 2.84. The molecule has 0 amide bonds. The molecule has 1 nitrogen and oxygen atoms in total. The van der Waals surface area contributed by atoms with Crippen LogP contribution in [0.2, 0.25) is 0 Å². The van der Waals surface area contributed by atoms with Crippen LogP contribution in [0.4, 0.5) is 0 Å². The summed E-state index contributed by atoms with van der Waals surface area (Å²) >= 11 is 1.89. The van der Waals surface area contributed by atoms with E-state index in [0.29, 0.717) is 11.2 Å². The van der Waals surface area contributed by atoms with E-state index in [1.54, 1.807) is 0 Å². The molecule has 4 aliphatic carbocycles. The van der Waals surface area contributed by atoms with E-state index in [9.17, 15) is 5.11 Å². The minimum absolute atomic E-state index is 0.456. The van der Waals surface area contributed by atoms with Gasteiger partial charge in [-0.2, -0.15) is 0 Å². The molecule has 0 atom stereocenters. The van der Waals surface area contributed by atoms with E-state index in [-0.39, 0.29) is 0 Å². The van der Waals surface area contributed by atoms with E-state index in [0.717, 1.165) is 22.6 Å². The summed E-state index contributed by atoms with van der Waals surface area (Å²) in [6.07, 6.45) is 8.92. The molecule has 2 heteroatoms. The summed E-state index contributed by atoms with van der Waals surface area (Å²) in [5.74, 6) is 4.74. The predicted molar refractivity (Wildman–Crippen MR) is 79.4 cm³/mol. The molecule has 19 heavy (non-hydrogen) atoms. The van der Waals surface area contributed by atoms with Crippen molar-refractivity contribution in [3.05, 3.63) is 24.3 Å². The van der Waals surface area contributed by atoms with Crippen LogP contribution in [0.5, 0.6) is 5.75 Å². The van der Waals surface area contributed by atoms with Gasteiger partial charge < -0.3 is 5.11 Å². The quantitative estimate of drug-likeness (QED) is 0.806. The molecule has 1 aromatic carbocycles. The second kappa shape index (κ2) is 4.44. The van der Waals surface area contributed by atoms with E-state index in [4.69, 9.17) is 0 Å². The van der Waals surface area contributed by atoms with Gasteiger partial charge in [0.25, 0.3) is 0 Å². The van der Waals surface area contributed by atoms with Crippen LogP contribution >= 0.6 is 11.8 Å². The van der Waals surface area contributed by atoms with Crippen molar-refractivity contribution < 1.29 is 5.11 Å². The Morgan fingerprint density at radius 2 is 1.58 bits per heavy atom. The number of aromatic hydroxyl groups is 1. The molecule has 0 aromatic heterocycles. The molecule has 0 aliphatic heterocycles. The standard InChI is InChI=1S/C17H22OS/c18-15-3-1-2-4-16(15)19-11-17-8-12-5-13(9-17)7-14(6-12)10-17/h1-4,12-14,18H,5-11H2. The molecule has 0 saturated heterocycles. The van der Waals surface area contributed by atoms with Crippen LogP contribution in [0.15, 0.2) is 29.2 Å². The van der Waals surface area contributed by atoms with Crippen LogP contribution < -0.4 is 0 Å². The Hall–Kier alpha value is -0.630. The summed E-state index contributed by atoms with van der Waals surface area (Å²) in [5, 5.41) is 9.90. The van der Waals surface area contributed by atoms with Gasteiger partial charge in [0.15, 0.2) is 0 Å². The van der Waals surface area contributed by atoms with Crippen molar-refractivity contribution in [1.82, 2.24) is 0 Å². The number of phenols is 1. The summed E-state index contributed by atoms with van der Waals surface area (Å²) in [6, 6.07) is 7.80. The van der Waals surface area contributed by atoms with Gasteiger partial charge in [-0.1, -0.05) is 12.1 Å². The Bertz CT molecular complexity index is 447. The number of para-hydroxylation sites is 1. The van der Waals surface area contributed by atoms with Gasteiger partial charge in [-0.3, -0.25) is 0 Å². The second-order valence-corrected chi connectivity index (χ2v) is 8.19. The second-order valence-electron chi connectivity index (χ2n) is 7.17. The van der Waals surface area contributed by atoms with Crippen molar-refractivity contribution >= 4 is 11.8 Å². The molecule has 4 fully saturated rings. The molecule has 0 unspecified atom stereocenters. The van der Waals surface area contributed by atoms with Crippen LogP contribution in [0, 0.1) is 23.2 Å². The van der Waals surface area contributed by atoms with Gasteiger partial charge in [0.1, 0.15) is 5.75 Å². The molecule has 5 rings (SSSR count). The van der Waals surface area contributed by atoms with Gasteiger partial charge in [0.2, 0.25) is 0 Å². The normalized spacial score (nSPS) is 39.7. The van der Waals surface area contributed by atoms with Gasteiger partial charge in [-0.15, -0.1) is 11.8 Å². The lowest BCUT2D eigenvalue weighted by atomic mass is 9.50. The zero-order valence-corrected chi connectivity index (χ0v) is 12.2. The fraction of sp³-hybridized carbons (Fsp3) is 0.647. The number of rotatable bonds is 3. The van der Waals surface area contributed by atoms with Crippen molar-refractivity contribution in [3.63, 3.8) is 0 Å². The van der Waals surface area contributed by atoms with Gasteiger partial charge in [0.05, 0.1) is 0 Å². The molecular formula is C17H22OS. The summed E-state index contributed by atoms with van der Waals surface area (Å²) in [5.41, 5.74) is 0.599. The van der Waals surface area contributed by atoms with Crippen LogP contribution in [-0.2, 0) is 0 Å². The summed E-state index contributed by atoms with van der Waals surface area (Å²) in [6.45, 7) is 0. The first kappa shape index (κ1) is 12.1. The lowest BCUT2D eigenvalue weighted by Gasteiger charge is -2.56. The Morgan fingerprint density at radius 1 is 1.00 bits per heavy atom. The maximum Gasteiger partial charge on any atom is 0.129 e. The van der Waals surface area contributed by atoms with Gasteiger partial charge in [-0.05, 0) is 73.8 Å². The number of thioether (sulfide) groups is 1. The molecule has 0 heterocycles. The number of hydrogen-bond donors (Lipinski definition) is 1. The van der Waals surface area contributed by atoms with Crippen molar-refractivity contribution in [3.8, 4) is 5.75 Å². The fourth-order valence-corrected chi connectivity index (χ4v) is 6.48. The molecule has 0 spiro atoms. The fourth-order valence-electron chi connectivity index (χ4n) is 5.28. The molecule has 4 bridgehead atoms. The number of hydrogen-bond acceptors (Lipinski definition) is 2. The monoisotopic (exact) mass is 274 g/mol. The molecular weight excluding hydrogens is 252 g/mol. The molecule has 0 radical (unpaired) electrons. The lowest BCUT2D eigenvalue weighted by Crippen LogP contribution is -2.47. The van der Waals surface area contributed by atoms with Gasteiger partial charge in [0, 0.05) is 10.6 Å². The zero-order valence-electron chi connectivity index (χ0n) is 11.3. The highest BCUT2D eigenvalue weighted by Crippen LogP contribution is 2.61. The first-order chi connectivity index (χ1) is 9.22. The Labute approximate surface area is 119 Å².